The van der Waals surface area contributed by atoms with Gasteiger partial charge in [0, 0.05) is 13.5 Å². The van der Waals surface area contributed by atoms with Crippen LogP contribution in [0.3, 0.4) is 0 Å². The SMILES string of the molecule is COCO[C@H](CO[Si](C(C)C)(C(C)C)C(C)C)[C@@H](CCC=O)O[Si](C)(C)C(C)(C)C. The molecule has 0 aromatic heterocycles. The van der Waals surface area contributed by atoms with Crippen molar-refractivity contribution in [2.75, 3.05) is 20.5 Å². The van der Waals surface area contributed by atoms with E-state index in [2.05, 4.69) is 75.4 Å². The maximum absolute atomic E-state index is 11.2. The molecule has 0 saturated carbocycles. The van der Waals surface area contributed by atoms with Gasteiger partial charge in [-0.2, -0.15) is 0 Å². The van der Waals surface area contributed by atoms with Gasteiger partial charge in [0.2, 0.25) is 0 Å². The molecule has 30 heavy (non-hydrogen) atoms. The second-order valence-corrected chi connectivity index (χ2v) is 21.1. The fourth-order valence-electron chi connectivity index (χ4n) is 4.25. The van der Waals surface area contributed by atoms with Crippen molar-refractivity contribution in [3.63, 3.8) is 0 Å². The van der Waals surface area contributed by atoms with Crippen LogP contribution in [-0.2, 0) is 23.1 Å². The van der Waals surface area contributed by atoms with Crippen LogP contribution in [0.15, 0.2) is 0 Å². The lowest BCUT2D eigenvalue weighted by Crippen LogP contribution is -2.52. The maximum Gasteiger partial charge on any atom is 0.200 e. The van der Waals surface area contributed by atoms with E-state index in [0.717, 1.165) is 6.29 Å². The molecule has 0 N–H and O–H groups in total. The van der Waals surface area contributed by atoms with Gasteiger partial charge in [-0.3, -0.25) is 0 Å². The molecule has 0 bridgehead atoms. The molecule has 0 aliphatic rings. The van der Waals surface area contributed by atoms with Crippen LogP contribution in [0.5, 0.6) is 0 Å². The molecule has 5 nitrogen and oxygen atoms in total. The van der Waals surface area contributed by atoms with Crippen LogP contribution in [0.2, 0.25) is 34.8 Å². The summed E-state index contributed by atoms with van der Waals surface area (Å²) in [4.78, 5) is 11.2. The van der Waals surface area contributed by atoms with Crippen LogP contribution in [0.4, 0.5) is 0 Å². The second kappa shape index (κ2) is 12.8. The molecule has 2 atom stereocenters. The number of methoxy groups -OCH3 is 1. The predicted molar refractivity (Wildman–Crippen MR) is 131 cm³/mol. The van der Waals surface area contributed by atoms with Crippen LogP contribution >= 0.6 is 0 Å². The van der Waals surface area contributed by atoms with Crippen molar-refractivity contribution in [3.05, 3.63) is 0 Å². The molecular weight excluding hydrogens is 412 g/mol. The van der Waals surface area contributed by atoms with Gasteiger partial charge in [-0.15, -0.1) is 0 Å². The lowest BCUT2D eigenvalue weighted by atomic mass is 10.1. The number of ether oxygens (including phenoxy) is 2. The molecule has 0 fully saturated rings. The number of hydrogen-bond acceptors (Lipinski definition) is 5. The minimum Gasteiger partial charge on any atom is -0.413 e. The Morgan fingerprint density at radius 1 is 0.900 bits per heavy atom. The third-order valence-electron chi connectivity index (χ3n) is 6.84. The van der Waals surface area contributed by atoms with Gasteiger partial charge >= 0.3 is 0 Å². The van der Waals surface area contributed by atoms with Crippen molar-refractivity contribution < 1.29 is 23.1 Å². The summed E-state index contributed by atoms with van der Waals surface area (Å²) in [6.07, 6.45) is 1.60. The fraction of sp³-hybridized carbons (Fsp3) is 0.957. The number of aldehydes is 1. The van der Waals surface area contributed by atoms with E-state index in [1.54, 1.807) is 7.11 Å². The largest absolute Gasteiger partial charge is 0.413 e. The zero-order valence-corrected chi connectivity index (χ0v) is 23.8. The summed E-state index contributed by atoms with van der Waals surface area (Å²) in [5.41, 5.74) is 1.49. The highest BCUT2D eigenvalue weighted by atomic mass is 28.4. The van der Waals surface area contributed by atoms with E-state index in [4.69, 9.17) is 18.3 Å². The molecule has 0 aliphatic carbocycles. The zero-order chi connectivity index (χ0) is 23.8. The van der Waals surface area contributed by atoms with E-state index in [1.807, 2.05) is 0 Å². The average molecular weight is 463 g/mol. The van der Waals surface area contributed by atoms with Crippen molar-refractivity contribution in [2.45, 2.75) is 122 Å². The summed E-state index contributed by atoms with van der Waals surface area (Å²) in [7, 11) is -2.45. The zero-order valence-electron chi connectivity index (χ0n) is 21.8. The summed E-state index contributed by atoms with van der Waals surface area (Å²) >= 11 is 0. The van der Waals surface area contributed by atoms with E-state index in [1.165, 1.54) is 0 Å². The first-order chi connectivity index (χ1) is 13.7. The Bertz CT molecular complexity index is 465. The Kier molecular flexibility index (Phi) is 12.8. The second-order valence-electron chi connectivity index (χ2n) is 10.9. The lowest BCUT2D eigenvalue weighted by molar-refractivity contribution is -0.125. The Morgan fingerprint density at radius 2 is 1.40 bits per heavy atom. The third-order valence-corrected chi connectivity index (χ3v) is 17.4. The number of carbonyl (C=O) groups excluding carboxylic acids is 1. The first-order valence-electron chi connectivity index (χ1n) is 11.5. The van der Waals surface area contributed by atoms with Gasteiger partial charge in [0.1, 0.15) is 19.2 Å². The van der Waals surface area contributed by atoms with Gasteiger partial charge in [-0.25, -0.2) is 0 Å². The molecule has 0 saturated heterocycles. The first-order valence-corrected chi connectivity index (χ1v) is 16.6. The molecule has 0 unspecified atom stereocenters. The number of hydrogen-bond donors (Lipinski definition) is 0. The van der Waals surface area contributed by atoms with Gasteiger partial charge in [-0.05, 0) is 41.2 Å². The molecule has 0 aliphatic heterocycles. The molecule has 7 heteroatoms. The molecule has 0 heterocycles. The topological polar surface area (TPSA) is 54.0 Å². The summed E-state index contributed by atoms with van der Waals surface area (Å²) in [6, 6.07) is 0. The van der Waals surface area contributed by atoms with Crippen molar-refractivity contribution in [1.29, 1.82) is 0 Å². The van der Waals surface area contributed by atoms with Crippen molar-refractivity contribution in [3.8, 4) is 0 Å². The quantitative estimate of drug-likeness (QED) is 0.157. The van der Waals surface area contributed by atoms with E-state index in [-0.39, 0.29) is 24.0 Å². The summed E-state index contributed by atoms with van der Waals surface area (Å²) in [5.74, 6) is 0. The highest BCUT2D eigenvalue weighted by Gasteiger charge is 2.46. The first kappa shape index (κ1) is 29.9. The standard InChI is InChI=1S/C23H50O5Si2/c1-18(2)30(19(3)4,20(5)6)27-16-22(26-17-25-10)21(14-13-15-24)28-29(11,12)23(7,8)9/h15,18-22H,13-14,16-17H2,1-12H3/t21-,22-/m1/s1. The van der Waals surface area contributed by atoms with Gasteiger partial charge in [0.25, 0.3) is 0 Å². The normalized spacial score (nSPS) is 15.8. The van der Waals surface area contributed by atoms with E-state index in [9.17, 15) is 4.79 Å². The molecular formula is C23H50O5Si2. The van der Waals surface area contributed by atoms with Gasteiger partial charge < -0.3 is 23.1 Å². The Hall–Kier alpha value is -0.0562. The predicted octanol–water partition coefficient (Wildman–Crippen LogP) is 6.54. The van der Waals surface area contributed by atoms with Crippen LogP contribution in [0.1, 0.15) is 75.2 Å². The number of carbonyl (C=O) groups is 1. The van der Waals surface area contributed by atoms with Crippen LogP contribution in [0.25, 0.3) is 0 Å². The lowest BCUT2D eigenvalue weighted by Gasteiger charge is -2.45. The Labute approximate surface area is 188 Å². The highest BCUT2D eigenvalue weighted by molar-refractivity contribution is 6.77. The van der Waals surface area contributed by atoms with E-state index >= 15 is 0 Å². The average Bonchev–Trinajstić information content (AvgIpc) is 2.59. The molecule has 0 aromatic rings. The van der Waals surface area contributed by atoms with Gasteiger partial charge in [0.15, 0.2) is 16.6 Å². The molecule has 0 radical (unpaired) electrons. The van der Waals surface area contributed by atoms with Crippen LogP contribution in [-0.4, -0.2) is 55.6 Å². The summed E-state index contributed by atoms with van der Waals surface area (Å²) < 4.78 is 24.9. The van der Waals surface area contributed by atoms with E-state index in [0.29, 0.717) is 36.1 Å². The minimum atomic E-state index is -2.04. The molecule has 0 amide bonds. The minimum absolute atomic E-state index is 0.0748. The monoisotopic (exact) mass is 462 g/mol. The van der Waals surface area contributed by atoms with Gasteiger partial charge in [-0.1, -0.05) is 62.3 Å². The summed E-state index contributed by atoms with van der Waals surface area (Å²) in [5, 5.41) is 0.0748. The van der Waals surface area contributed by atoms with Crippen LogP contribution < -0.4 is 0 Å². The highest BCUT2D eigenvalue weighted by Crippen LogP contribution is 2.43. The van der Waals surface area contributed by atoms with E-state index < -0.39 is 16.6 Å². The van der Waals surface area contributed by atoms with Crippen molar-refractivity contribution >= 4 is 22.9 Å². The maximum atomic E-state index is 11.2. The molecule has 0 rings (SSSR count). The fourth-order valence-corrected chi connectivity index (χ4v) is 11.1. The molecule has 0 aromatic carbocycles. The molecule has 180 valence electrons. The molecule has 0 spiro atoms. The van der Waals surface area contributed by atoms with Crippen LogP contribution in [0, 0.1) is 0 Å². The Morgan fingerprint density at radius 3 is 1.77 bits per heavy atom. The third kappa shape index (κ3) is 8.13. The number of rotatable bonds is 15. The Balaban J connectivity index is 5.82. The smallest absolute Gasteiger partial charge is 0.200 e. The van der Waals surface area contributed by atoms with Crippen molar-refractivity contribution in [1.82, 2.24) is 0 Å². The summed E-state index contributed by atoms with van der Waals surface area (Å²) in [6.45, 7) is 25.5. The van der Waals surface area contributed by atoms with Crippen molar-refractivity contribution in [2.24, 2.45) is 0 Å². The van der Waals surface area contributed by atoms with Gasteiger partial charge in [0.05, 0.1) is 12.7 Å².